The molecule has 9 heteroatoms. The number of para-hydroxylation sites is 1. The first-order valence-electron chi connectivity index (χ1n) is 12.1. The average Bonchev–Trinajstić information content (AvgIpc) is 2.84. The number of rotatable bonds is 10. The first-order valence-corrected chi connectivity index (χ1v) is 12.1. The largest absolute Gasteiger partial charge is 2.00 e. The Morgan fingerprint density at radius 2 is 1.19 bits per heavy atom. The van der Waals surface area contributed by atoms with E-state index in [0.717, 1.165) is 31.2 Å². The SMILES string of the molecule is CCCCCCNC(=O)[O-].CCCCCCNC(=O)[O-].N.[Pt+2].c1ccc2c(c1)cnc1ccccc12. The number of fused-ring (bicyclic) bond motifs is 3. The van der Waals surface area contributed by atoms with Crippen molar-refractivity contribution in [2.24, 2.45) is 0 Å². The van der Waals surface area contributed by atoms with Gasteiger partial charge in [-0.2, -0.15) is 0 Å². The van der Waals surface area contributed by atoms with Gasteiger partial charge in [0.2, 0.25) is 0 Å². The Morgan fingerprint density at radius 3 is 1.69 bits per heavy atom. The minimum absolute atomic E-state index is 0. The molecule has 2 amide bonds. The fourth-order valence-electron chi connectivity index (χ4n) is 3.29. The molecule has 0 fully saturated rings. The standard InChI is InChI=1S/C13H9N.2C7H15NO2.H3N.Pt/c1-2-6-11-10(5-1)9-14-13-8-4-3-7-12(11)13;2*1-2-3-4-5-6-8-7(9)10;;/h1-9H;2*8H,2-6H2,1H3,(H,9,10);1H3;/q;;;;+2/p-2. The van der Waals surface area contributed by atoms with Crippen LogP contribution in [0.25, 0.3) is 21.7 Å². The van der Waals surface area contributed by atoms with Crippen molar-refractivity contribution in [3.05, 3.63) is 54.7 Å². The molecular formula is C27H40N4O4Pt. The fraction of sp³-hybridized carbons (Fsp3) is 0.444. The zero-order valence-corrected chi connectivity index (χ0v) is 23.6. The van der Waals surface area contributed by atoms with Gasteiger partial charge in [0, 0.05) is 30.1 Å². The summed E-state index contributed by atoms with van der Waals surface area (Å²) in [5.74, 6) is 0. The van der Waals surface area contributed by atoms with E-state index in [1.165, 1.54) is 41.8 Å². The number of aromatic nitrogens is 1. The van der Waals surface area contributed by atoms with Crippen molar-refractivity contribution in [1.29, 1.82) is 0 Å². The van der Waals surface area contributed by atoms with Gasteiger partial charge in [0.25, 0.3) is 0 Å². The molecule has 1 heterocycles. The minimum atomic E-state index is -1.17. The normalized spacial score (nSPS) is 9.39. The number of pyridine rings is 1. The van der Waals surface area contributed by atoms with E-state index in [9.17, 15) is 19.8 Å². The number of benzene rings is 2. The number of nitrogens with one attached hydrogen (secondary N) is 2. The summed E-state index contributed by atoms with van der Waals surface area (Å²) in [5, 5.41) is 27.7. The molecule has 8 nitrogen and oxygen atoms in total. The Kier molecular flexibility index (Phi) is 22.4. The molecule has 0 aliphatic carbocycles. The maximum absolute atomic E-state index is 9.81. The van der Waals surface area contributed by atoms with Gasteiger partial charge < -0.3 is 36.6 Å². The first-order chi connectivity index (χ1) is 16.5. The Hall–Kier alpha value is -2.70. The summed E-state index contributed by atoms with van der Waals surface area (Å²) >= 11 is 0. The zero-order chi connectivity index (χ0) is 25.0. The molecule has 0 spiro atoms. The molecule has 0 aliphatic rings. The van der Waals surface area contributed by atoms with E-state index < -0.39 is 12.2 Å². The van der Waals surface area contributed by atoms with Crippen LogP contribution in [0.15, 0.2) is 54.7 Å². The summed E-state index contributed by atoms with van der Waals surface area (Å²) in [6.45, 7) is 5.29. The van der Waals surface area contributed by atoms with Crippen molar-refractivity contribution in [3.8, 4) is 0 Å². The van der Waals surface area contributed by atoms with E-state index in [2.05, 4.69) is 59.8 Å². The van der Waals surface area contributed by atoms with Gasteiger partial charge in [0.05, 0.1) is 5.52 Å². The van der Waals surface area contributed by atoms with Crippen LogP contribution in [0, 0.1) is 0 Å². The number of hydrogen-bond donors (Lipinski definition) is 3. The van der Waals surface area contributed by atoms with Gasteiger partial charge in [-0.3, -0.25) is 4.98 Å². The predicted octanol–water partition coefficient (Wildman–Crippen LogP) is 4.55. The average molecular weight is 680 g/mol. The van der Waals surface area contributed by atoms with Crippen LogP contribution in [-0.4, -0.2) is 30.3 Å². The molecule has 3 aromatic rings. The van der Waals surface area contributed by atoms with E-state index in [1.807, 2.05) is 24.4 Å². The number of carbonyl (C=O) groups is 2. The number of carboxylic acid groups (broad SMARTS) is 2. The third kappa shape index (κ3) is 16.1. The smallest absolute Gasteiger partial charge is 0.530 e. The van der Waals surface area contributed by atoms with Crippen LogP contribution in [0.1, 0.15) is 65.2 Å². The van der Waals surface area contributed by atoms with Gasteiger partial charge in [-0.1, -0.05) is 94.8 Å². The molecule has 5 N–H and O–H groups in total. The quantitative estimate of drug-likeness (QED) is 0.211. The van der Waals surface area contributed by atoms with Gasteiger partial charge >= 0.3 is 21.1 Å². The van der Waals surface area contributed by atoms with Crippen molar-refractivity contribution in [3.63, 3.8) is 0 Å². The molecule has 202 valence electrons. The molecular weight excluding hydrogens is 639 g/mol. The molecule has 36 heavy (non-hydrogen) atoms. The van der Waals surface area contributed by atoms with Crippen LogP contribution < -0.4 is 27.0 Å². The van der Waals surface area contributed by atoms with Gasteiger partial charge in [0.15, 0.2) is 0 Å². The molecule has 0 unspecified atom stereocenters. The van der Waals surface area contributed by atoms with Crippen LogP contribution in [0.3, 0.4) is 0 Å². The number of nitrogens with zero attached hydrogens (tertiary/aromatic N) is 1. The van der Waals surface area contributed by atoms with Crippen molar-refractivity contribution >= 4 is 33.9 Å². The Morgan fingerprint density at radius 1 is 0.722 bits per heavy atom. The van der Waals surface area contributed by atoms with Crippen LogP contribution in [0.4, 0.5) is 9.59 Å². The summed E-state index contributed by atoms with van der Waals surface area (Å²) in [5.41, 5.74) is 1.06. The van der Waals surface area contributed by atoms with E-state index in [-0.39, 0.29) is 27.2 Å². The van der Waals surface area contributed by atoms with Crippen LogP contribution in [0.2, 0.25) is 0 Å². The molecule has 0 aliphatic heterocycles. The van der Waals surface area contributed by atoms with Crippen molar-refractivity contribution in [1.82, 2.24) is 21.8 Å². The van der Waals surface area contributed by atoms with Crippen molar-refractivity contribution < 1.29 is 40.9 Å². The molecule has 2 aromatic carbocycles. The summed E-state index contributed by atoms with van der Waals surface area (Å²) in [6, 6.07) is 16.6. The second kappa shape index (κ2) is 22.7. The minimum Gasteiger partial charge on any atom is -0.530 e. The number of amides is 2. The molecule has 0 saturated carbocycles. The summed E-state index contributed by atoms with van der Waals surface area (Å²) in [7, 11) is 0. The molecule has 3 rings (SSSR count). The molecule has 0 bridgehead atoms. The molecule has 1 aromatic heterocycles. The topological polar surface area (TPSA) is 152 Å². The third-order valence-corrected chi connectivity index (χ3v) is 5.10. The molecule has 0 radical (unpaired) electrons. The fourth-order valence-corrected chi connectivity index (χ4v) is 3.29. The number of unbranched alkanes of at least 4 members (excludes halogenated alkanes) is 6. The summed E-state index contributed by atoms with van der Waals surface area (Å²) in [4.78, 5) is 24.0. The first kappa shape index (κ1) is 35.5. The Balaban J connectivity index is 0. The maximum atomic E-state index is 9.81. The van der Waals surface area contributed by atoms with Crippen LogP contribution in [0.5, 0.6) is 0 Å². The van der Waals surface area contributed by atoms with E-state index in [0.29, 0.717) is 13.1 Å². The van der Waals surface area contributed by atoms with Gasteiger partial charge in [-0.05, 0) is 24.3 Å². The second-order valence-corrected chi connectivity index (χ2v) is 7.91. The monoisotopic (exact) mass is 679 g/mol. The summed E-state index contributed by atoms with van der Waals surface area (Å²) in [6.07, 6.45) is 8.31. The number of hydrogen-bond acceptors (Lipinski definition) is 6. The van der Waals surface area contributed by atoms with Crippen molar-refractivity contribution in [2.75, 3.05) is 13.1 Å². The van der Waals surface area contributed by atoms with Crippen molar-refractivity contribution in [2.45, 2.75) is 65.2 Å². The van der Waals surface area contributed by atoms with Crippen LogP contribution >= 0.6 is 0 Å². The maximum Gasteiger partial charge on any atom is 2.00 e. The predicted molar refractivity (Wildman–Crippen MR) is 139 cm³/mol. The van der Waals surface area contributed by atoms with E-state index >= 15 is 0 Å². The molecule has 0 atom stereocenters. The zero-order valence-electron chi connectivity index (χ0n) is 21.4. The Labute approximate surface area is 229 Å². The van der Waals surface area contributed by atoms with E-state index in [4.69, 9.17) is 0 Å². The second-order valence-electron chi connectivity index (χ2n) is 7.91. The third-order valence-electron chi connectivity index (χ3n) is 5.10. The Bertz CT molecular complexity index is 909. The van der Waals surface area contributed by atoms with E-state index in [1.54, 1.807) is 0 Å². The summed E-state index contributed by atoms with van der Waals surface area (Å²) < 4.78 is 0. The van der Waals surface area contributed by atoms with Gasteiger partial charge in [0.1, 0.15) is 12.2 Å². The van der Waals surface area contributed by atoms with Crippen LogP contribution in [-0.2, 0) is 21.1 Å². The van der Waals surface area contributed by atoms with Gasteiger partial charge in [-0.25, -0.2) is 0 Å². The number of carbonyl (C=O) groups excluding carboxylic acids is 2. The van der Waals surface area contributed by atoms with Gasteiger partial charge in [-0.15, -0.1) is 0 Å². The molecule has 0 saturated heterocycles.